The maximum atomic E-state index is 12.6. The Labute approximate surface area is 136 Å². The van der Waals surface area contributed by atoms with E-state index in [1.165, 1.54) is 5.56 Å². The fourth-order valence-corrected chi connectivity index (χ4v) is 3.12. The number of rotatable bonds is 1. The lowest BCUT2D eigenvalue weighted by Crippen LogP contribution is -2.36. The van der Waals surface area contributed by atoms with E-state index in [-0.39, 0.29) is 11.7 Å². The largest absolute Gasteiger partial charge is 0.507 e. The Balaban J connectivity index is 1.91. The van der Waals surface area contributed by atoms with Gasteiger partial charge in [0.15, 0.2) is 0 Å². The molecule has 2 aromatic carbocycles. The van der Waals surface area contributed by atoms with E-state index >= 15 is 0 Å². The normalized spacial score (nSPS) is 13.9. The number of aromatic hydroxyl groups is 1. The van der Waals surface area contributed by atoms with Gasteiger partial charge < -0.3 is 15.7 Å². The molecule has 0 radical (unpaired) electrons. The average molecular weight is 394 g/mol. The second kappa shape index (κ2) is 5.55. The molecule has 1 amide bonds. The fraction of sp³-hybridized carbons (Fsp3) is 0.188. The van der Waals surface area contributed by atoms with Gasteiger partial charge in [0, 0.05) is 22.3 Å². The Morgan fingerprint density at radius 2 is 2.10 bits per heavy atom. The molecule has 0 bridgehead atoms. The van der Waals surface area contributed by atoms with Crippen LogP contribution in [0.4, 0.5) is 5.69 Å². The number of nitrogens with zero attached hydrogens (tertiary/aromatic N) is 1. The number of anilines is 1. The van der Waals surface area contributed by atoms with Crippen LogP contribution in [0.25, 0.3) is 0 Å². The highest BCUT2D eigenvalue weighted by atomic mass is 127. The summed E-state index contributed by atoms with van der Waals surface area (Å²) in [6.45, 7) is 1.13. The van der Waals surface area contributed by atoms with Crippen molar-refractivity contribution in [3.63, 3.8) is 0 Å². The summed E-state index contributed by atoms with van der Waals surface area (Å²) in [7, 11) is 0. The summed E-state index contributed by atoms with van der Waals surface area (Å²) in [6, 6.07) is 10.9. The van der Waals surface area contributed by atoms with Crippen molar-refractivity contribution in [1.82, 2.24) is 4.90 Å². The third-order valence-corrected chi connectivity index (χ3v) is 4.46. The van der Waals surface area contributed by atoms with Gasteiger partial charge >= 0.3 is 0 Å². The highest BCUT2D eigenvalue weighted by Gasteiger charge is 2.24. The molecule has 0 saturated carbocycles. The van der Waals surface area contributed by atoms with Crippen LogP contribution >= 0.6 is 22.6 Å². The fourth-order valence-electron chi connectivity index (χ4n) is 2.63. The van der Waals surface area contributed by atoms with Crippen molar-refractivity contribution in [2.45, 2.75) is 13.0 Å². The van der Waals surface area contributed by atoms with Crippen molar-refractivity contribution >= 4 is 34.2 Å². The highest BCUT2D eigenvalue weighted by Crippen LogP contribution is 2.27. The van der Waals surface area contributed by atoms with Crippen molar-refractivity contribution < 1.29 is 9.90 Å². The highest BCUT2D eigenvalue weighted by molar-refractivity contribution is 14.1. The van der Waals surface area contributed by atoms with E-state index in [0.717, 1.165) is 21.2 Å². The number of phenolic OH excluding ortho intramolecular Hbond substituents is 1. The number of nitrogen functional groups attached to an aromatic ring is 1. The molecule has 0 aliphatic carbocycles. The molecular weight excluding hydrogens is 379 g/mol. The van der Waals surface area contributed by atoms with Gasteiger partial charge in [-0.2, -0.15) is 0 Å². The number of carbonyl (C=O) groups excluding carboxylic acids is 1. The van der Waals surface area contributed by atoms with E-state index in [1.54, 1.807) is 23.1 Å². The van der Waals surface area contributed by atoms with Crippen LogP contribution in [0.2, 0.25) is 0 Å². The van der Waals surface area contributed by atoms with Gasteiger partial charge in [-0.1, -0.05) is 12.1 Å². The molecule has 0 fully saturated rings. The second-order valence-corrected chi connectivity index (χ2v) is 6.37. The zero-order valence-corrected chi connectivity index (χ0v) is 13.5. The first-order chi connectivity index (χ1) is 10.1. The molecule has 2 aromatic rings. The number of halogens is 1. The van der Waals surface area contributed by atoms with E-state index in [2.05, 4.69) is 28.7 Å². The molecule has 108 valence electrons. The van der Waals surface area contributed by atoms with Crippen molar-refractivity contribution in [3.8, 4) is 5.75 Å². The Morgan fingerprint density at radius 3 is 2.90 bits per heavy atom. The molecule has 0 spiro atoms. The SMILES string of the molecule is Nc1cccc2c1CN(C(=O)c1cc(I)ccc1O)CC2. The summed E-state index contributed by atoms with van der Waals surface area (Å²) >= 11 is 2.13. The predicted octanol–water partition coefficient (Wildman–Crippen LogP) is 2.78. The van der Waals surface area contributed by atoms with Gasteiger partial charge in [-0.15, -0.1) is 0 Å². The second-order valence-electron chi connectivity index (χ2n) is 5.12. The zero-order valence-electron chi connectivity index (χ0n) is 11.3. The molecule has 0 aromatic heterocycles. The predicted molar refractivity (Wildman–Crippen MR) is 90.1 cm³/mol. The molecule has 5 heteroatoms. The summed E-state index contributed by atoms with van der Waals surface area (Å²) in [5, 5.41) is 9.91. The lowest BCUT2D eigenvalue weighted by atomic mass is 9.97. The Kier molecular flexibility index (Phi) is 3.75. The number of fused-ring (bicyclic) bond motifs is 1. The van der Waals surface area contributed by atoms with Crippen LogP contribution in [0.3, 0.4) is 0 Å². The summed E-state index contributed by atoms with van der Waals surface area (Å²) in [5.74, 6) is -0.132. The molecule has 4 nitrogen and oxygen atoms in total. The first kappa shape index (κ1) is 14.2. The van der Waals surface area contributed by atoms with Crippen LogP contribution in [0.1, 0.15) is 21.5 Å². The standard InChI is InChI=1S/C16H15IN2O2/c17-11-4-5-15(20)12(8-11)16(21)19-7-6-10-2-1-3-14(18)13(10)9-19/h1-5,8,20H,6-7,9,18H2. The summed E-state index contributed by atoms with van der Waals surface area (Å²) in [6.07, 6.45) is 0.788. The van der Waals surface area contributed by atoms with Gasteiger partial charge in [0.1, 0.15) is 5.75 Å². The third kappa shape index (κ3) is 2.70. The Morgan fingerprint density at radius 1 is 1.29 bits per heavy atom. The van der Waals surface area contributed by atoms with Crippen molar-refractivity contribution in [3.05, 3.63) is 56.7 Å². The van der Waals surface area contributed by atoms with Crippen molar-refractivity contribution in [1.29, 1.82) is 0 Å². The van der Waals surface area contributed by atoms with Crippen LogP contribution in [0, 0.1) is 3.57 Å². The molecule has 3 rings (SSSR count). The maximum absolute atomic E-state index is 12.6. The quantitative estimate of drug-likeness (QED) is 0.578. The minimum atomic E-state index is -0.153. The van der Waals surface area contributed by atoms with Gasteiger partial charge in [-0.25, -0.2) is 0 Å². The first-order valence-electron chi connectivity index (χ1n) is 6.70. The van der Waals surface area contributed by atoms with E-state index in [0.29, 0.717) is 18.7 Å². The molecule has 1 heterocycles. The number of hydrogen-bond donors (Lipinski definition) is 2. The molecular formula is C16H15IN2O2. The number of amides is 1. The van der Waals surface area contributed by atoms with E-state index in [1.807, 2.05) is 12.1 Å². The van der Waals surface area contributed by atoms with E-state index < -0.39 is 0 Å². The number of benzene rings is 2. The Hall–Kier alpha value is -1.76. The first-order valence-corrected chi connectivity index (χ1v) is 7.78. The zero-order chi connectivity index (χ0) is 15.0. The lowest BCUT2D eigenvalue weighted by molar-refractivity contribution is 0.0732. The minimum Gasteiger partial charge on any atom is -0.507 e. The molecule has 0 saturated heterocycles. The van der Waals surface area contributed by atoms with Gasteiger partial charge in [0.25, 0.3) is 5.91 Å². The van der Waals surface area contributed by atoms with Gasteiger partial charge in [0.2, 0.25) is 0 Å². The van der Waals surface area contributed by atoms with Gasteiger partial charge in [-0.05, 0) is 64.4 Å². The number of hydrogen-bond acceptors (Lipinski definition) is 3. The van der Waals surface area contributed by atoms with Crippen LogP contribution < -0.4 is 5.73 Å². The average Bonchev–Trinajstić information content (AvgIpc) is 2.49. The summed E-state index contributed by atoms with van der Waals surface area (Å²) in [5.41, 5.74) is 9.29. The smallest absolute Gasteiger partial charge is 0.257 e. The summed E-state index contributed by atoms with van der Waals surface area (Å²) in [4.78, 5) is 14.4. The molecule has 1 aliphatic rings. The maximum Gasteiger partial charge on any atom is 0.257 e. The van der Waals surface area contributed by atoms with Gasteiger partial charge in [0.05, 0.1) is 5.56 Å². The van der Waals surface area contributed by atoms with Crippen molar-refractivity contribution in [2.24, 2.45) is 0 Å². The third-order valence-electron chi connectivity index (χ3n) is 3.79. The van der Waals surface area contributed by atoms with E-state index in [9.17, 15) is 9.90 Å². The molecule has 21 heavy (non-hydrogen) atoms. The number of phenols is 1. The molecule has 1 aliphatic heterocycles. The van der Waals surface area contributed by atoms with Crippen LogP contribution in [0.5, 0.6) is 5.75 Å². The van der Waals surface area contributed by atoms with E-state index in [4.69, 9.17) is 5.73 Å². The topological polar surface area (TPSA) is 66.6 Å². The number of nitrogens with two attached hydrogens (primary N) is 1. The molecule has 3 N–H and O–H groups in total. The summed E-state index contributed by atoms with van der Waals surface area (Å²) < 4.78 is 0.922. The number of carbonyl (C=O) groups is 1. The lowest BCUT2D eigenvalue weighted by Gasteiger charge is -2.30. The van der Waals surface area contributed by atoms with Crippen LogP contribution in [-0.4, -0.2) is 22.5 Å². The van der Waals surface area contributed by atoms with Crippen molar-refractivity contribution in [2.75, 3.05) is 12.3 Å². The Bertz CT molecular complexity index is 715. The minimum absolute atomic E-state index is 0.0206. The van der Waals surface area contributed by atoms with Crippen LogP contribution in [0.15, 0.2) is 36.4 Å². The monoisotopic (exact) mass is 394 g/mol. The molecule has 0 atom stereocenters. The van der Waals surface area contributed by atoms with Gasteiger partial charge in [-0.3, -0.25) is 4.79 Å². The molecule has 0 unspecified atom stereocenters. The van der Waals surface area contributed by atoms with Crippen LogP contribution in [-0.2, 0) is 13.0 Å².